The summed E-state index contributed by atoms with van der Waals surface area (Å²) < 4.78 is 0. The summed E-state index contributed by atoms with van der Waals surface area (Å²) in [5, 5.41) is 18.8. The molecule has 0 unspecified atom stereocenters. The summed E-state index contributed by atoms with van der Waals surface area (Å²) in [7, 11) is 2.18. The zero-order chi connectivity index (χ0) is 16.7. The van der Waals surface area contributed by atoms with Crippen LogP contribution < -0.4 is 4.90 Å². The van der Waals surface area contributed by atoms with E-state index >= 15 is 0 Å². The summed E-state index contributed by atoms with van der Waals surface area (Å²) >= 11 is 0. The normalized spacial score (nSPS) is 24.2. The van der Waals surface area contributed by atoms with Gasteiger partial charge in [0, 0.05) is 24.7 Å². The summed E-state index contributed by atoms with van der Waals surface area (Å²) in [6, 6.07) is 7.67. The van der Waals surface area contributed by atoms with Crippen molar-refractivity contribution in [1.82, 2.24) is 20.1 Å². The fourth-order valence-corrected chi connectivity index (χ4v) is 3.98. The number of piperidine rings is 1. The molecule has 1 N–H and O–H groups in total. The number of nitrogens with zero attached hydrogens (tertiary/aromatic N) is 5. The lowest BCUT2D eigenvalue weighted by Gasteiger charge is -2.36. The van der Waals surface area contributed by atoms with E-state index in [1.54, 1.807) is 12.1 Å². The Hall–Kier alpha value is -2.21. The number of rotatable bonds is 2. The summed E-state index contributed by atoms with van der Waals surface area (Å²) in [4.78, 5) is 9.41. The first-order valence-electron chi connectivity index (χ1n) is 8.58. The maximum Gasteiger partial charge on any atom is 0.245 e. The number of aryl methyl sites for hydroxylation is 1. The molecule has 2 fully saturated rings. The number of likely N-dealkylation sites (tertiary alicyclic amines) is 1. The molecule has 6 heteroatoms. The van der Waals surface area contributed by atoms with Crippen LogP contribution in [0.3, 0.4) is 0 Å². The van der Waals surface area contributed by atoms with E-state index in [0.29, 0.717) is 17.3 Å². The molecule has 6 nitrogen and oxygen atoms in total. The van der Waals surface area contributed by atoms with Crippen molar-refractivity contribution in [2.24, 2.45) is 5.92 Å². The molecule has 126 valence electrons. The van der Waals surface area contributed by atoms with Gasteiger partial charge in [-0.1, -0.05) is 12.1 Å². The van der Waals surface area contributed by atoms with Crippen LogP contribution in [0.1, 0.15) is 18.5 Å². The van der Waals surface area contributed by atoms with Crippen molar-refractivity contribution in [2.75, 3.05) is 31.6 Å². The van der Waals surface area contributed by atoms with Gasteiger partial charge in [0.15, 0.2) is 0 Å². The first-order chi connectivity index (χ1) is 11.6. The molecule has 2 atom stereocenters. The number of aromatic nitrogens is 3. The van der Waals surface area contributed by atoms with E-state index in [9.17, 15) is 5.11 Å². The van der Waals surface area contributed by atoms with Gasteiger partial charge in [-0.3, -0.25) is 0 Å². The minimum absolute atomic E-state index is 0.208. The highest BCUT2D eigenvalue weighted by Crippen LogP contribution is 2.34. The Morgan fingerprint density at radius 3 is 2.71 bits per heavy atom. The molecule has 0 spiro atoms. The molecule has 4 rings (SSSR count). The van der Waals surface area contributed by atoms with Crippen LogP contribution in [0, 0.1) is 12.8 Å². The molecule has 0 amide bonds. The lowest BCUT2D eigenvalue weighted by molar-refractivity contribution is 0.207. The average molecular weight is 325 g/mol. The smallest absolute Gasteiger partial charge is 0.245 e. The van der Waals surface area contributed by atoms with Crippen LogP contribution in [0.25, 0.3) is 11.3 Å². The topological polar surface area (TPSA) is 65.4 Å². The number of hydrogen-bond acceptors (Lipinski definition) is 6. The largest absolute Gasteiger partial charge is 0.507 e. The highest BCUT2D eigenvalue weighted by atomic mass is 16.3. The second-order valence-electron chi connectivity index (χ2n) is 6.92. The number of para-hydroxylation sites is 1. The van der Waals surface area contributed by atoms with Crippen LogP contribution in [0.2, 0.25) is 0 Å². The third-order valence-electron chi connectivity index (χ3n) is 5.33. The van der Waals surface area contributed by atoms with Crippen LogP contribution in [0.4, 0.5) is 5.95 Å². The van der Waals surface area contributed by atoms with Gasteiger partial charge in [0.2, 0.25) is 5.95 Å². The molecule has 2 aromatic rings. The van der Waals surface area contributed by atoms with Gasteiger partial charge in [0.1, 0.15) is 11.4 Å². The number of fused-ring (bicyclic) bond motifs is 1. The van der Waals surface area contributed by atoms with Crippen LogP contribution >= 0.6 is 0 Å². The van der Waals surface area contributed by atoms with Crippen molar-refractivity contribution in [3.05, 3.63) is 30.0 Å². The quantitative estimate of drug-likeness (QED) is 0.912. The Labute approximate surface area is 142 Å². The first-order valence-corrected chi connectivity index (χ1v) is 8.58. The zero-order valence-electron chi connectivity index (χ0n) is 14.2. The van der Waals surface area contributed by atoms with Crippen molar-refractivity contribution in [3.63, 3.8) is 0 Å². The highest BCUT2D eigenvalue weighted by molar-refractivity contribution is 5.68. The van der Waals surface area contributed by atoms with Crippen molar-refractivity contribution in [1.29, 1.82) is 0 Å². The third kappa shape index (κ3) is 2.60. The van der Waals surface area contributed by atoms with E-state index in [2.05, 4.69) is 27.0 Å². The molecule has 3 heterocycles. The molecule has 2 saturated heterocycles. The summed E-state index contributed by atoms with van der Waals surface area (Å²) in [5.74, 6) is 1.66. The Balaban J connectivity index is 1.64. The van der Waals surface area contributed by atoms with Crippen LogP contribution in [-0.2, 0) is 0 Å². The number of aromatic hydroxyl groups is 1. The van der Waals surface area contributed by atoms with Crippen molar-refractivity contribution in [3.8, 4) is 17.0 Å². The van der Waals surface area contributed by atoms with E-state index in [0.717, 1.165) is 30.6 Å². The summed E-state index contributed by atoms with van der Waals surface area (Å²) in [6.45, 7) is 5.17. The van der Waals surface area contributed by atoms with Gasteiger partial charge in [0.25, 0.3) is 0 Å². The number of phenols is 1. The fourth-order valence-electron chi connectivity index (χ4n) is 3.98. The Bertz CT molecular complexity index is 750. The van der Waals surface area contributed by atoms with Gasteiger partial charge in [-0.05, 0) is 51.4 Å². The van der Waals surface area contributed by atoms with Crippen molar-refractivity contribution >= 4 is 5.95 Å². The van der Waals surface area contributed by atoms with Crippen molar-refractivity contribution in [2.45, 2.75) is 25.8 Å². The van der Waals surface area contributed by atoms with Crippen LogP contribution in [0.15, 0.2) is 24.3 Å². The second kappa shape index (κ2) is 6.02. The third-order valence-corrected chi connectivity index (χ3v) is 5.33. The van der Waals surface area contributed by atoms with Gasteiger partial charge in [-0.15, -0.1) is 10.2 Å². The SMILES string of the molecule is Cc1nc(N2CC[C@@H]3CCN(C)C[C@@H]32)nnc1-c1ccccc1O. The maximum absolute atomic E-state index is 10.0. The second-order valence-corrected chi connectivity index (χ2v) is 6.92. The van der Waals surface area contributed by atoms with Gasteiger partial charge in [0.05, 0.1) is 5.69 Å². The molecule has 24 heavy (non-hydrogen) atoms. The number of anilines is 1. The Morgan fingerprint density at radius 2 is 1.92 bits per heavy atom. The van der Waals surface area contributed by atoms with E-state index in [-0.39, 0.29) is 5.75 Å². The molecule has 0 radical (unpaired) electrons. The molecule has 1 aromatic carbocycles. The molecule has 2 aliphatic heterocycles. The lowest BCUT2D eigenvalue weighted by Crippen LogP contribution is -2.47. The molecule has 0 bridgehead atoms. The Morgan fingerprint density at radius 1 is 1.12 bits per heavy atom. The monoisotopic (exact) mass is 325 g/mol. The summed E-state index contributed by atoms with van der Waals surface area (Å²) in [6.07, 6.45) is 2.46. The Kier molecular flexibility index (Phi) is 3.84. The van der Waals surface area contributed by atoms with Gasteiger partial charge < -0.3 is 14.9 Å². The zero-order valence-corrected chi connectivity index (χ0v) is 14.2. The number of benzene rings is 1. The van der Waals surface area contributed by atoms with E-state index < -0.39 is 0 Å². The number of hydrogen-bond donors (Lipinski definition) is 1. The fraction of sp³-hybridized carbons (Fsp3) is 0.500. The van der Waals surface area contributed by atoms with Gasteiger partial charge in [-0.25, -0.2) is 4.98 Å². The molecular formula is C18H23N5O. The van der Waals surface area contributed by atoms with Gasteiger partial charge >= 0.3 is 0 Å². The molecule has 0 aliphatic carbocycles. The predicted molar refractivity (Wildman–Crippen MR) is 93.0 cm³/mol. The van der Waals surface area contributed by atoms with Crippen LogP contribution in [0.5, 0.6) is 5.75 Å². The molecule has 1 aromatic heterocycles. The summed E-state index contributed by atoms with van der Waals surface area (Å²) in [5.41, 5.74) is 2.13. The number of likely N-dealkylation sites (N-methyl/N-ethyl adjacent to an activating group) is 1. The predicted octanol–water partition coefficient (Wildman–Crippen LogP) is 2.08. The maximum atomic E-state index is 10.0. The lowest BCUT2D eigenvalue weighted by atomic mass is 9.92. The molecule has 2 aliphatic rings. The minimum Gasteiger partial charge on any atom is -0.507 e. The van der Waals surface area contributed by atoms with E-state index in [4.69, 9.17) is 4.98 Å². The van der Waals surface area contributed by atoms with Gasteiger partial charge in [-0.2, -0.15) is 0 Å². The standard InChI is InChI=1S/C18H23N5O/c1-12-17(14-5-3-4-6-16(14)24)20-21-18(19-12)23-10-8-13-7-9-22(2)11-15(13)23/h3-6,13,15,24H,7-11H2,1-2H3/t13-,15-/m0/s1. The van der Waals surface area contributed by atoms with E-state index in [1.165, 1.54) is 19.4 Å². The number of phenolic OH excluding ortho intramolecular Hbond substituents is 1. The van der Waals surface area contributed by atoms with E-state index in [1.807, 2.05) is 19.1 Å². The molecular weight excluding hydrogens is 302 g/mol. The highest BCUT2D eigenvalue weighted by Gasteiger charge is 2.38. The average Bonchev–Trinajstić information content (AvgIpc) is 2.98. The first kappa shape index (κ1) is 15.3. The molecule has 0 saturated carbocycles. The minimum atomic E-state index is 0.208. The van der Waals surface area contributed by atoms with Crippen molar-refractivity contribution < 1.29 is 5.11 Å². The van der Waals surface area contributed by atoms with Crippen LogP contribution in [-0.4, -0.2) is 57.9 Å².